The summed E-state index contributed by atoms with van der Waals surface area (Å²) in [7, 11) is 3.10. The first-order valence-corrected chi connectivity index (χ1v) is 7.12. The maximum Gasteiger partial charge on any atom is 0.143 e. The zero-order valence-electron chi connectivity index (χ0n) is 13.2. The van der Waals surface area contributed by atoms with Crippen molar-refractivity contribution in [3.05, 3.63) is 17.2 Å². The molecule has 0 bridgehead atoms. The third-order valence-corrected chi connectivity index (χ3v) is 3.01. The maximum absolute atomic E-state index is 9.93. The third kappa shape index (κ3) is 5.99. The van der Waals surface area contributed by atoms with Crippen molar-refractivity contribution < 1.29 is 19.3 Å². The van der Waals surface area contributed by atoms with Crippen LogP contribution in [0.1, 0.15) is 20.8 Å². The normalized spacial score (nSPS) is 12.9. The highest BCUT2D eigenvalue weighted by molar-refractivity contribution is 6.32. The van der Waals surface area contributed by atoms with Crippen LogP contribution in [-0.2, 0) is 4.74 Å². The summed E-state index contributed by atoms with van der Waals surface area (Å²) in [5, 5.41) is 13.5. The summed E-state index contributed by atoms with van der Waals surface area (Å²) in [6.07, 6.45) is -0.629. The quantitative estimate of drug-likeness (QED) is 0.809. The van der Waals surface area contributed by atoms with Gasteiger partial charge in [-0.15, -0.1) is 0 Å². The van der Waals surface area contributed by atoms with E-state index < -0.39 is 6.10 Å². The maximum atomic E-state index is 9.93. The van der Waals surface area contributed by atoms with Gasteiger partial charge in [0.1, 0.15) is 11.5 Å². The molecule has 0 saturated carbocycles. The standard InChI is InChI=1S/C15H24ClNO4/c1-15(2,3)21-9-10(18)8-17-12-7-13(19-4)11(16)6-14(12)20-5/h6-7,10,17-18H,8-9H2,1-5H3. The Bertz CT molecular complexity index is 460. The van der Waals surface area contributed by atoms with Crippen LogP contribution in [0.2, 0.25) is 5.02 Å². The monoisotopic (exact) mass is 317 g/mol. The Morgan fingerprint density at radius 2 is 1.81 bits per heavy atom. The van der Waals surface area contributed by atoms with Gasteiger partial charge < -0.3 is 24.6 Å². The number of rotatable bonds is 7. The second-order valence-corrected chi connectivity index (χ2v) is 6.05. The van der Waals surface area contributed by atoms with Gasteiger partial charge in [0.05, 0.1) is 43.2 Å². The van der Waals surface area contributed by atoms with Gasteiger partial charge in [-0.05, 0) is 20.8 Å². The fourth-order valence-electron chi connectivity index (χ4n) is 1.63. The topological polar surface area (TPSA) is 60.0 Å². The van der Waals surface area contributed by atoms with E-state index in [1.54, 1.807) is 26.4 Å². The average Bonchev–Trinajstić information content (AvgIpc) is 2.42. The van der Waals surface area contributed by atoms with Gasteiger partial charge in [0, 0.05) is 18.7 Å². The van der Waals surface area contributed by atoms with Crippen LogP contribution >= 0.6 is 11.6 Å². The summed E-state index contributed by atoms with van der Waals surface area (Å²) in [5.74, 6) is 1.13. The van der Waals surface area contributed by atoms with Crippen LogP contribution in [0.4, 0.5) is 5.69 Å². The molecule has 1 rings (SSSR count). The first-order chi connectivity index (χ1) is 9.76. The van der Waals surface area contributed by atoms with E-state index in [2.05, 4.69) is 5.32 Å². The first-order valence-electron chi connectivity index (χ1n) is 6.74. The Hall–Kier alpha value is -1.17. The minimum Gasteiger partial charge on any atom is -0.495 e. The molecular weight excluding hydrogens is 294 g/mol. The van der Waals surface area contributed by atoms with E-state index in [0.717, 1.165) is 0 Å². The van der Waals surface area contributed by atoms with Crippen LogP contribution in [0, 0.1) is 0 Å². The Balaban J connectivity index is 2.65. The number of anilines is 1. The van der Waals surface area contributed by atoms with E-state index in [1.807, 2.05) is 20.8 Å². The van der Waals surface area contributed by atoms with E-state index in [0.29, 0.717) is 28.8 Å². The smallest absolute Gasteiger partial charge is 0.143 e. The fraction of sp³-hybridized carbons (Fsp3) is 0.600. The van der Waals surface area contributed by atoms with E-state index >= 15 is 0 Å². The van der Waals surface area contributed by atoms with E-state index in [-0.39, 0.29) is 12.2 Å². The lowest BCUT2D eigenvalue weighted by atomic mass is 10.2. The molecule has 0 aliphatic carbocycles. The van der Waals surface area contributed by atoms with Gasteiger partial charge in [-0.2, -0.15) is 0 Å². The van der Waals surface area contributed by atoms with E-state index in [9.17, 15) is 5.11 Å². The first kappa shape index (κ1) is 17.9. The van der Waals surface area contributed by atoms with Gasteiger partial charge >= 0.3 is 0 Å². The molecule has 1 unspecified atom stereocenters. The summed E-state index contributed by atoms with van der Waals surface area (Å²) >= 11 is 6.04. The molecule has 5 nitrogen and oxygen atoms in total. The lowest BCUT2D eigenvalue weighted by molar-refractivity contribution is -0.0449. The Morgan fingerprint density at radius 3 is 2.33 bits per heavy atom. The number of aliphatic hydroxyl groups excluding tert-OH is 1. The largest absolute Gasteiger partial charge is 0.495 e. The molecule has 0 heterocycles. The molecule has 1 aromatic carbocycles. The molecule has 6 heteroatoms. The van der Waals surface area contributed by atoms with E-state index in [4.69, 9.17) is 25.8 Å². The number of halogens is 1. The van der Waals surface area contributed by atoms with Gasteiger partial charge in [-0.3, -0.25) is 0 Å². The second-order valence-electron chi connectivity index (χ2n) is 5.65. The third-order valence-electron chi connectivity index (χ3n) is 2.71. The predicted molar refractivity (Wildman–Crippen MR) is 84.8 cm³/mol. The number of ether oxygens (including phenoxy) is 3. The van der Waals surface area contributed by atoms with Crippen molar-refractivity contribution in [2.24, 2.45) is 0 Å². The molecule has 0 aliphatic rings. The highest BCUT2D eigenvalue weighted by Crippen LogP contribution is 2.35. The zero-order chi connectivity index (χ0) is 16.0. The van der Waals surface area contributed by atoms with Gasteiger partial charge in [-0.25, -0.2) is 0 Å². The number of benzene rings is 1. The van der Waals surface area contributed by atoms with Crippen LogP contribution < -0.4 is 14.8 Å². The Kier molecular flexibility index (Phi) is 6.58. The molecule has 0 spiro atoms. The number of methoxy groups -OCH3 is 2. The molecule has 2 N–H and O–H groups in total. The van der Waals surface area contributed by atoms with E-state index in [1.165, 1.54) is 0 Å². The molecule has 120 valence electrons. The van der Waals surface area contributed by atoms with Gasteiger partial charge in [0.15, 0.2) is 0 Å². The number of hydrogen-bond donors (Lipinski definition) is 2. The molecule has 0 radical (unpaired) electrons. The zero-order valence-corrected chi connectivity index (χ0v) is 14.0. The number of nitrogens with one attached hydrogen (secondary N) is 1. The molecule has 1 aromatic rings. The summed E-state index contributed by atoms with van der Waals surface area (Å²) in [5.41, 5.74) is 0.427. The summed E-state index contributed by atoms with van der Waals surface area (Å²) < 4.78 is 16.0. The summed E-state index contributed by atoms with van der Waals surface area (Å²) in [4.78, 5) is 0. The van der Waals surface area contributed by atoms with Crippen molar-refractivity contribution in [3.8, 4) is 11.5 Å². The lowest BCUT2D eigenvalue weighted by Crippen LogP contribution is -2.30. The van der Waals surface area contributed by atoms with Crippen molar-refractivity contribution in [1.82, 2.24) is 0 Å². The van der Waals surface area contributed by atoms with Crippen molar-refractivity contribution in [1.29, 1.82) is 0 Å². The van der Waals surface area contributed by atoms with Crippen molar-refractivity contribution in [2.45, 2.75) is 32.5 Å². The lowest BCUT2D eigenvalue weighted by Gasteiger charge is -2.22. The van der Waals surface area contributed by atoms with Crippen LogP contribution in [0.25, 0.3) is 0 Å². The summed E-state index contributed by atoms with van der Waals surface area (Å²) in [6.45, 7) is 6.42. The minimum atomic E-state index is -0.629. The SMILES string of the molecule is COc1cc(NCC(O)COC(C)(C)C)c(OC)cc1Cl. The minimum absolute atomic E-state index is 0.254. The fourth-order valence-corrected chi connectivity index (χ4v) is 1.86. The van der Waals surface area contributed by atoms with Crippen LogP contribution in [-0.4, -0.2) is 44.2 Å². The Morgan fingerprint density at radius 1 is 1.19 bits per heavy atom. The molecule has 0 fully saturated rings. The molecule has 1 atom stereocenters. The molecular formula is C15H24ClNO4. The summed E-state index contributed by atoms with van der Waals surface area (Å²) in [6, 6.07) is 3.40. The van der Waals surface area contributed by atoms with Crippen molar-refractivity contribution in [3.63, 3.8) is 0 Å². The molecule has 0 aromatic heterocycles. The highest BCUT2D eigenvalue weighted by Gasteiger charge is 2.15. The van der Waals surface area contributed by atoms with Crippen molar-refractivity contribution >= 4 is 17.3 Å². The molecule has 0 aliphatic heterocycles. The van der Waals surface area contributed by atoms with Crippen LogP contribution in [0.3, 0.4) is 0 Å². The van der Waals surface area contributed by atoms with Gasteiger partial charge in [0.2, 0.25) is 0 Å². The Labute approximate surface area is 131 Å². The van der Waals surface area contributed by atoms with Crippen LogP contribution in [0.15, 0.2) is 12.1 Å². The van der Waals surface area contributed by atoms with Crippen LogP contribution in [0.5, 0.6) is 11.5 Å². The molecule has 21 heavy (non-hydrogen) atoms. The van der Waals surface area contributed by atoms with Gasteiger partial charge in [0.25, 0.3) is 0 Å². The second kappa shape index (κ2) is 7.73. The predicted octanol–water partition coefficient (Wildman–Crippen LogP) is 2.95. The highest BCUT2D eigenvalue weighted by atomic mass is 35.5. The molecule has 0 saturated heterocycles. The van der Waals surface area contributed by atoms with Crippen molar-refractivity contribution in [2.75, 3.05) is 32.7 Å². The number of hydrogen-bond acceptors (Lipinski definition) is 5. The molecule has 0 amide bonds. The van der Waals surface area contributed by atoms with Gasteiger partial charge in [-0.1, -0.05) is 11.6 Å². The average molecular weight is 318 g/mol. The number of aliphatic hydroxyl groups is 1.